The van der Waals surface area contributed by atoms with Crippen molar-refractivity contribution in [3.05, 3.63) is 64.5 Å². The SMILES string of the molecule is C[C@@H]1CC(OC(=O)N2CCc3c([nH]c4c3CCC=C4)C2C2C=CC(OCCCCCCN3CN=CN3)CC2)=CC=C1F. The van der Waals surface area contributed by atoms with E-state index in [1.807, 2.05) is 11.8 Å². The van der Waals surface area contributed by atoms with Crippen LogP contribution in [0.15, 0.2) is 47.0 Å². The van der Waals surface area contributed by atoms with Gasteiger partial charge in [-0.3, -0.25) is 9.89 Å². The van der Waals surface area contributed by atoms with Gasteiger partial charge in [-0.05, 0) is 74.3 Å². The number of H-pyrrole nitrogens is 1. The van der Waals surface area contributed by atoms with Crippen LogP contribution in [-0.4, -0.2) is 59.8 Å². The Kier molecular flexibility index (Phi) is 9.24. The number of ether oxygens (including phenoxy) is 2. The second-order valence-corrected chi connectivity index (χ2v) is 12.2. The molecule has 42 heavy (non-hydrogen) atoms. The first-order chi connectivity index (χ1) is 20.6. The van der Waals surface area contributed by atoms with Crippen LogP contribution < -0.4 is 5.43 Å². The van der Waals surface area contributed by atoms with Gasteiger partial charge >= 0.3 is 6.09 Å². The van der Waals surface area contributed by atoms with Crippen molar-refractivity contribution in [1.82, 2.24) is 20.3 Å². The molecule has 4 atom stereocenters. The van der Waals surface area contributed by atoms with Gasteiger partial charge in [0.1, 0.15) is 18.3 Å². The molecule has 9 heteroatoms. The second kappa shape index (κ2) is 13.4. The zero-order chi connectivity index (χ0) is 28.9. The van der Waals surface area contributed by atoms with Crippen LogP contribution in [0.1, 0.15) is 86.8 Å². The molecule has 0 radical (unpaired) electrons. The predicted molar refractivity (Wildman–Crippen MR) is 162 cm³/mol. The van der Waals surface area contributed by atoms with Gasteiger partial charge in [-0.25, -0.2) is 14.2 Å². The Morgan fingerprint density at radius 1 is 1.12 bits per heavy atom. The van der Waals surface area contributed by atoms with Crippen molar-refractivity contribution in [2.45, 2.75) is 83.3 Å². The minimum absolute atomic E-state index is 0.117. The highest BCUT2D eigenvalue weighted by Gasteiger charge is 2.40. The van der Waals surface area contributed by atoms with E-state index in [0.29, 0.717) is 18.7 Å². The van der Waals surface area contributed by atoms with Crippen molar-refractivity contribution < 1.29 is 18.7 Å². The number of aromatic amines is 1. The van der Waals surface area contributed by atoms with E-state index in [1.165, 1.54) is 35.7 Å². The van der Waals surface area contributed by atoms with Gasteiger partial charge in [-0.1, -0.05) is 38.0 Å². The number of hydrogen-bond acceptors (Lipinski definition) is 6. The maximum atomic E-state index is 13.9. The standard InChI is InChI=1S/C33H44FN5O3/c1-23-20-26(14-15-29(23)34)42-33(40)39-18-16-28-27-8-4-5-9-30(27)37-31(28)32(39)24-10-12-25(13-11-24)41-19-7-3-2-6-17-38-22-35-21-36-38/h5,9-10,12,14-15,21,23-25,32,37H,2-4,6-8,11,13,16-20,22H2,1H3,(H,35,36)/t23-,24?,25?,32?/m1/s1. The van der Waals surface area contributed by atoms with Crippen molar-refractivity contribution in [3.63, 3.8) is 0 Å². The molecule has 0 fully saturated rings. The number of amides is 1. The summed E-state index contributed by atoms with van der Waals surface area (Å²) in [7, 11) is 0. The number of hydrazine groups is 1. The van der Waals surface area contributed by atoms with Crippen LogP contribution in [0.4, 0.5) is 9.18 Å². The number of hydrogen-bond donors (Lipinski definition) is 2. The number of halogens is 1. The van der Waals surface area contributed by atoms with Gasteiger partial charge in [0.15, 0.2) is 0 Å². The monoisotopic (exact) mass is 577 g/mol. The number of fused-ring (bicyclic) bond motifs is 3. The third-order valence-electron chi connectivity index (χ3n) is 9.22. The number of aliphatic imine (C=N–C) groups is 1. The Hall–Kier alpha value is -3.17. The van der Waals surface area contributed by atoms with Crippen LogP contribution in [0.3, 0.4) is 0 Å². The summed E-state index contributed by atoms with van der Waals surface area (Å²) in [6.45, 7) is 4.97. The van der Waals surface area contributed by atoms with E-state index in [0.717, 1.165) is 70.5 Å². The fourth-order valence-electron chi connectivity index (χ4n) is 6.89. The topological polar surface area (TPSA) is 82.2 Å². The molecule has 0 saturated heterocycles. The lowest BCUT2D eigenvalue weighted by atomic mass is 9.81. The highest BCUT2D eigenvalue weighted by molar-refractivity contribution is 5.71. The van der Waals surface area contributed by atoms with Crippen molar-refractivity contribution in [3.8, 4) is 0 Å². The number of rotatable bonds is 10. The highest BCUT2D eigenvalue weighted by Crippen LogP contribution is 2.43. The molecular weight excluding hydrogens is 533 g/mol. The van der Waals surface area contributed by atoms with E-state index in [-0.39, 0.29) is 35.9 Å². The zero-order valence-corrected chi connectivity index (χ0v) is 24.7. The van der Waals surface area contributed by atoms with Gasteiger partial charge in [0.05, 0.1) is 18.5 Å². The minimum Gasteiger partial charge on any atom is -0.415 e. The first-order valence-corrected chi connectivity index (χ1v) is 15.8. The summed E-state index contributed by atoms with van der Waals surface area (Å²) >= 11 is 0. The number of carbonyl (C=O) groups is 1. The first-order valence-electron chi connectivity index (χ1n) is 15.8. The summed E-state index contributed by atoms with van der Waals surface area (Å²) < 4.78 is 26.0. The first kappa shape index (κ1) is 28.9. The summed E-state index contributed by atoms with van der Waals surface area (Å²) in [5, 5.41) is 2.13. The largest absolute Gasteiger partial charge is 0.415 e. The Labute approximate surface area is 248 Å². The van der Waals surface area contributed by atoms with E-state index in [4.69, 9.17) is 9.47 Å². The quantitative estimate of drug-likeness (QED) is 0.245. The van der Waals surface area contributed by atoms with Crippen molar-refractivity contribution >= 4 is 18.5 Å². The van der Waals surface area contributed by atoms with Gasteiger partial charge in [-0.2, -0.15) is 0 Å². The molecule has 2 N–H and O–H groups in total. The Bertz CT molecular complexity index is 1270. The summed E-state index contributed by atoms with van der Waals surface area (Å²) in [6, 6.07) is -0.123. The molecule has 0 bridgehead atoms. The summed E-state index contributed by atoms with van der Waals surface area (Å²) in [6.07, 6.45) is 23.2. The van der Waals surface area contributed by atoms with E-state index < -0.39 is 0 Å². The van der Waals surface area contributed by atoms with Crippen LogP contribution in [0.2, 0.25) is 0 Å². The molecule has 3 aliphatic carbocycles. The lowest BCUT2D eigenvalue weighted by molar-refractivity contribution is 0.0555. The third-order valence-corrected chi connectivity index (χ3v) is 9.22. The smallest absolute Gasteiger partial charge is 0.415 e. The fraction of sp³-hybridized carbons (Fsp3) is 0.576. The normalized spacial score (nSPS) is 26.9. The maximum absolute atomic E-state index is 13.9. The molecular formula is C33H44FN5O3. The van der Waals surface area contributed by atoms with Crippen LogP contribution in [0, 0.1) is 11.8 Å². The van der Waals surface area contributed by atoms with Gasteiger partial charge in [0.2, 0.25) is 0 Å². The average Bonchev–Trinajstić information content (AvgIpc) is 3.66. The van der Waals surface area contributed by atoms with E-state index in [1.54, 1.807) is 12.4 Å². The summed E-state index contributed by atoms with van der Waals surface area (Å²) in [5.41, 5.74) is 8.25. The van der Waals surface area contributed by atoms with Crippen molar-refractivity contribution in [2.75, 3.05) is 26.4 Å². The van der Waals surface area contributed by atoms with Crippen LogP contribution >= 0.6 is 0 Å². The molecule has 0 spiro atoms. The Morgan fingerprint density at radius 2 is 2.02 bits per heavy atom. The molecule has 2 aliphatic heterocycles. The minimum atomic E-state index is -0.345. The highest BCUT2D eigenvalue weighted by atomic mass is 19.1. The van der Waals surface area contributed by atoms with E-state index in [9.17, 15) is 9.18 Å². The number of allylic oxidation sites excluding steroid dienone is 5. The average molecular weight is 578 g/mol. The van der Waals surface area contributed by atoms with Crippen molar-refractivity contribution in [2.24, 2.45) is 16.8 Å². The van der Waals surface area contributed by atoms with Gasteiger partial charge in [0.25, 0.3) is 0 Å². The molecule has 3 unspecified atom stereocenters. The number of nitrogens with zero attached hydrogens (tertiary/aromatic N) is 3. The predicted octanol–water partition coefficient (Wildman–Crippen LogP) is 6.50. The summed E-state index contributed by atoms with van der Waals surface area (Å²) in [4.78, 5) is 23.4. The molecule has 3 heterocycles. The molecule has 0 saturated carbocycles. The zero-order valence-electron chi connectivity index (χ0n) is 24.7. The van der Waals surface area contributed by atoms with Gasteiger partial charge in [0, 0.05) is 49.3 Å². The number of nitrogens with one attached hydrogen (secondary N) is 2. The van der Waals surface area contributed by atoms with Crippen LogP contribution in [0.5, 0.6) is 0 Å². The number of aromatic nitrogens is 1. The molecule has 1 aromatic rings. The van der Waals surface area contributed by atoms with Crippen molar-refractivity contribution in [1.29, 1.82) is 0 Å². The lowest BCUT2D eigenvalue weighted by Gasteiger charge is -2.40. The van der Waals surface area contributed by atoms with Gasteiger partial charge < -0.3 is 19.9 Å². The summed E-state index contributed by atoms with van der Waals surface area (Å²) in [5.74, 6) is 0.251. The molecule has 226 valence electrons. The Balaban J connectivity index is 1.07. The molecule has 0 aromatic carbocycles. The van der Waals surface area contributed by atoms with E-state index >= 15 is 0 Å². The number of carbonyl (C=O) groups excluding carboxylic acids is 1. The molecule has 6 rings (SSSR count). The van der Waals surface area contributed by atoms with Crippen LogP contribution in [0.25, 0.3) is 6.08 Å². The molecule has 1 amide bonds. The number of unbranched alkanes of at least 4 members (excludes halogenated alkanes) is 3. The fourth-order valence-corrected chi connectivity index (χ4v) is 6.89. The van der Waals surface area contributed by atoms with E-state index in [2.05, 4.69) is 44.7 Å². The lowest BCUT2D eigenvalue weighted by Crippen LogP contribution is -2.44. The maximum Gasteiger partial charge on any atom is 0.415 e. The second-order valence-electron chi connectivity index (χ2n) is 12.2. The van der Waals surface area contributed by atoms with Crippen LogP contribution in [-0.2, 0) is 22.3 Å². The Morgan fingerprint density at radius 3 is 2.83 bits per heavy atom. The third kappa shape index (κ3) is 6.57. The molecule has 8 nitrogen and oxygen atoms in total. The van der Waals surface area contributed by atoms with Gasteiger partial charge in [-0.15, -0.1) is 0 Å². The molecule has 5 aliphatic rings. The molecule has 1 aromatic heterocycles.